The van der Waals surface area contributed by atoms with Crippen LogP contribution in [0.15, 0.2) is 23.4 Å². The van der Waals surface area contributed by atoms with Gasteiger partial charge in [-0.15, -0.1) is 11.3 Å². The number of Topliss-reactive ketones (excluding diaryl/α,β-unsaturated/α-hetero) is 1. The minimum Gasteiger partial charge on any atom is -0.316 e. The number of amides is 2. The molecule has 0 saturated carbocycles. The number of hydrogen-bond acceptors (Lipinski definition) is 4. The monoisotopic (exact) mass is 249 g/mol. The molecule has 87 valence electrons. The molecule has 17 heavy (non-hydrogen) atoms. The summed E-state index contributed by atoms with van der Waals surface area (Å²) in [4.78, 5) is 24.1. The summed E-state index contributed by atoms with van der Waals surface area (Å²) in [6, 6.07) is 2.99. The molecule has 0 bridgehead atoms. The van der Waals surface area contributed by atoms with Crippen molar-refractivity contribution in [1.29, 1.82) is 0 Å². The van der Waals surface area contributed by atoms with E-state index >= 15 is 0 Å². The lowest BCUT2D eigenvalue weighted by molar-refractivity contribution is -0.815. The summed E-state index contributed by atoms with van der Waals surface area (Å²) in [6.45, 7) is 1.83. The maximum atomic E-state index is 11.4. The van der Waals surface area contributed by atoms with Crippen LogP contribution in [-0.4, -0.2) is 22.6 Å². The van der Waals surface area contributed by atoms with Crippen molar-refractivity contribution < 1.29 is 14.2 Å². The van der Waals surface area contributed by atoms with E-state index < -0.39 is 6.03 Å². The van der Waals surface area contributed by atoms with Crippen molar-refractivity contribution in [3.8, 4) is 0 Å². The second kappa shape index (κ2) is 4.23. The van der Waals surface area contributed by atoms with Crippen LogP contribution in [0.25, 0.3) is 0 Å². The Balaban J connectivity index is 2.24. The number of quaternary nitrogens is 1. The molecule has 0 saturated heterocycles. The number of urea groups is 1. The van der Waals surface area contributed by atoms with Crippen LogP contribution in [0.5, 0.6) is 0 Å². The van der Waals surface area contributed by atoms with Crippen molar-refractivity contribution in [2.75, 3.05) is 0 Å². The van der Waals surface area contributed by atoms with Gasteiger partial charge in [-0.05, 0) is 19.1 Å². The SMILES string of the molecule is CC(=O)c1ccc(C[N+]2(C(N)=O)C=[C]C=N2)s1. The zero-order valence-electron chi connectivity index (χ0n) is 9.21. The zero-order chi connectivity index (χ0) is 12.5. The molecule has 1 aliphatic rings. The van der Waals surface area contributed by atoms with Gasteiger partial charge in [-0.3, -0.25) is 4.79 Å². The first-order chi connectivity index (χ1) is 8.03. The van der Waals surface area contributed by atoms with Gasteiger partial charge in [-0.2, -0.15) is 0 Å². The van der Waals surface area contributed by atoms with Crippen molar-refractivity contribution in [2.24, 2.45) is 10.8 Å². The average molecular weight is 249 g/mol. The Morgan fingerprint density at radius 2 is 2.29 bits per heavy atom. The Kier molecular flexibility index (Phi) is 2.91. The average Bonchev–Trinajstić information content (AvgIpc) is 2.88. The third kappa shape index (κ3) is 2.17. The van der Waals surface area contributed by atoms with Crippen LogP contribution < -0.4 is 5.73 Å². The van der Waals surface area contributed by atoms with Gasteiger partial charge in [-0.1, -0.05) is 9.69 Å². The number of allylic oxidation sites excluding steroid dienone is 1. The summed E-state index contributed by atoms with van der Waals surface area (Å²) in [6.07, 6.45) is 5.67. The van der Waals surface area contributed by atoms with E-state index in [1.165, 1.54) is 30.7 Å². The molecule has 0 spiro atoms. The number of thiophene rings is 1. The third-order valence-electron chi connectivity index (χ3n) is 2.41. The molecule has 0 fully saturated rings. The van der Waals surface area contributed by atoms with E-state index in [1.54, 1.807) is 6.07 Å². The van der Waals surface area contributed by atoms with E-state index in [-0.39, 0.29) is 10.4 Å². The van der Waals surface area contributed by atoms with Crippen LogP contribution in [-0.2, 0) is 6.54 Å². The highest BCUT2D eigenvalue weighted by atomic mass is 32.1. The quantitative estimate of drug-likeness (QED) is 0.653. The van der Waals surface area contributed by atoms with Gasteiger partial charge in [0.05, 0.1) is 22.0 Å². The van der Waals surface area contributed by atoms with E-state index in [9.17, 15) is 9.59 Å². The van der Waals surface area contributed by atoms with Crippen molar-refractivity contribution in [2.45, 2.75) is 13.5 Å². The highest BCUT2D eigenvalue weighted by Gasteiger charge is 2.36. The molecule has 5 nitrogen and oxygen atoms in total. The summed E-state index contributed by atoms with van der Waals surface area (Å²) < 4.78 is -0.322. The Labute approximate surface area is 102 Å². The molecular weight excluding hydrogens is 238 g/mol. The summed E-state index contributed by atoms with van der Waals surface area (Å²) >= 11 is 1.35. The first kappa shape index (κ1) is 11.7. The van der Waals surface area contributed by atoms with Crippen LogP contribution in [0.2, 0.25) is 0 Å². The summed E-state index contributed by atoms with van der Waals surface area (Å²) in [5, 5.41) is 4.01. The Morgan fingerprint density at radius 3 is 2.76 bits per heavy atom. The molecule has 0 aromatic carbocycles. The molecule has 2 amide bonds. The highest BCUT2D eigenvalue weighted by molar-refractivity contribution is 7.14. The van der Waals surface area contributed by atoms with Crippen LogP contribution in [0.1, 0.15) is 21.5 Å². The topological polar surface area (TPSA) is 72.5 Å². The second-order valence-electron chi connectivity index (χ2n) is 3.69. The maximum Gasteiger partial charge on any atom is 0.445 e. The standard InChI is InChI=1S/C11H10N3O2S/c1-8(15)10-4-3-9(17-10)7-14(11(12)16)6-2-5-13-14/h3-6H,7H2,1H3,(H-,12,16)/p+1. The lowest BCUT2D eigenvalue weighted by Gasteiger charge is -2.19. The number of rotatable bonds is 3. The predicted molar refractivity (Wildman–Crippen MR) is 64.2 cm³/mol. The van der Waals surface area contributed by atoms with Gasteiger partial charge in [0.15, 0.2) is 12.3 Å². The second-order valence-corrected chi connectivity index (χ2v) is 4.85. The van der Waals surface area contributed by atoms with Crippen LogP contribution in [0.3, 0.4) is 0 Å². The van der Waals surface area contributed by atoms with Gasteiger partial charge in [-0.25, -0.2) is 4.79 Å². The number of hydrogen-bond donors (Lipinski definition) is 1. The lowest BCUT2D eigenvalue weighted by atomic mass is 10.3. The minimum atomic E-state index is -0.566. The Morgan fingerprint density at radius 1 is 1.53 bits per heavy atom. The van der Waals surface area contributed by atoms with Crippen LogP contribution >= 0.6 is 11.3 Å². The van der Waals surface area contributed by atoms with E-state index in [1.807, 2.05) is 6.07 Å². The normalized spacial score (nSPS) is 21.9. The first-order valence-electron chi connectivity index (χ1n) is 4.95. The third-order valence-corrected chi connectivity index (χ3v) is 3.58. The van der Waals surface area contributed by atoms with Gasteiger partial charge >= 0.3 is 6.03 Å². The fourth-order valence-electron chi connectivity index (χ4n) is 1.50. The molecule has 1 aromatic heterocycles. The van der Waals surface area contributed by atoms with Crippen molar-refractivity contribution in [3.05, 3.63) is 34.2 Å². The zero-order valence-corrected chi connectivity index (χ0v) is 10.0. The van der Waals surface area contributed by atoms with E-state index in [2.05, 4.69) is 11.2 Å². The molecule has 1 radical (unpaired) electrons. The van der Waals surface area contributed by atoms with Gasteiger partial charge in [0.2, 0.25) is 0 Å². The van der Waals surface area contributed by atoms with E-state index in [0.717, 1.165) is 4.88 Å². The molecule has 2 N–H and O–H groups in total. The van der Waals surface area contributed by atoms with Crippen LogP contribution in [0, 0.1) is 6.08 Å². The Bertz CT molecular complexity index is 519. The highest BCUT2D eigenvalue weighted by Crippen LogP contribution is 2.24. The maximum absolute atomic E-state index is 11.4. The van der Waals surface area contributed by atoms with Gasteiger partial charge < -0.3 is 5.73 Å². The predicted octanol–water partition coefficient (Wildman–Crippen LogP) is 1.66. The Hall–Kier alpha value is -1.79. The summed E-state index contributed by atoms with van der Waals surface area (Å²) in [7, 11) is 0. The van der Waals surface area contributed by atoms with Crippen molar-refractivity contribution in [3.63, 3.8) is 0 Å². The van der Waals surface area contributed by atoms with Gasteiger partial charge in [0.25, 0.3) is 0 Å². The first-order valence-corrected chi connectivity index (χ1v) is 5.77. The number of ketones is 1. The number of nitrogens with two attached hydrogens (primary N) is 1. The fraction of sp³-hybridized carbons (Fsp3) is 0.182. The smallest absolute Gasteiger partial charge is 0.316 e. The number of carbonyl (C=O) groups excluding carboxylic acids is 2. The molecule has 2 heterocycles. The van der Waals surface area contributed by atoms with Gasteiger partial charge in [0, 0.05) is 0 Å². The summed E-state index contributed by atoms with van der Waals surface area (Å²) in [5.41, 5.74) is 5.33. The molecule has 1 atom stereocenters. The molecular formula is C11H11N3O2S+. The lowest BCUT2D eigenvalue weighted by Crippen LogP contribution is -2.44. The fourth-order valence-corrected chi connectivity index (χ4v) is 2.46. The molecule has 1 aromatic rings. The van der Waals surface area contributed by atoms with Crippen molar-refractivity contribution >= 4 is 29.4 Å². The molecule has 1 aliphatic heterocycles. The molecule has 2 rings (SSSR count). The minimum absolute atomic E-state index is 0.0129. The number of primary amides is 1. The molecule has 1 unspecified atom stereocenters. The van der Waals surface area contributed by atoms with Crippen LogP contribution in [0.4, 0.5) is 4.79 Å². The number of carbonyl (C=O) groups is 2. The van der Waals surface area contributed by atoms with E-state index in [0.29, 0.717) is 11.4 Å². The largest absolute Gasteiger partial charge is 0.445 e. The summed E-state index contributed by atoms with van der Waals surface area (Å²) in [5.74, 6) is 0.0129. The van der Waals surface area contributed by atoms with Gasteiger partial charge in [0.1, 0.15) is 6.20 Å². The van der Waals surface area contributed by atoms with E-state index in [4.69, 9.17) is 5.73 Å². The molecule has 0 aliphatic carbocycles. The number of nitrogens with zero attached hydrogens (tertiary/aromatic N) is 2. The molecule has 6 heteroatoms. The van der Waals surface area contributed by atoms with Crippen molar-refractivity contribution in [1.82, 2.24) is 0 Å².